The van der Waals surface area contributed by atoms with Crippen molar-refractivity contribution in [3.8, 4) is 0 Å². The number of amides is 1. The van der Waals surface area contributed by atoms with Gasteiger partial charge in [0.05, 0.1) is 6.42 Å². The molecule has 1 aromatic rings. The highest BCUT2D eigenvalue weighted by Crippen LogP contribution is 2.21. The van der Waals surface area contributed by atoms with Crippen LogP contribution in [0, 0.1) is 0 Å². The molecule has 1 N–H and O–H groups in total. The normalized spacial score (nSPS) is 16.1. The van der Waals surface area contributed by atoms with Crippen LogP contribution in [0.1, 0.15) is 25.7 Å². The SMILES string of the molecule is Cn1cc(N2CCC(NC(=O)CCC(F)(F)F)CC2)c(=O)n(C)c1=O. The number of nitrogens with zero attached hydrogens (tertiary/aromatic N) is 3. The molecule has 2 heterocycles. The third kappa shape index (κ3) is 4.86. The third-order valence-electron chi connectivity index (χ3n) is 4.26. The van der Waals surface area contributed by atoms with Crippen LogP contribution >= 0.6 is 0 Å². The molecule has 1 fully saturated rings. The van der Waals surface area contributed by atoms with E-state index in [4.69, 9.17) is 0 Å². The average molecular weight is 362 g/mol. The van der Waals surface area contributed by atoms with Crippen LogP contribution < -0.4 is 21.5 Å². The van der Waals surface area contributed by atoms with E-state index in [-0.39, 0.29) is 6.04 Å². The molecule has 7 nitrogen and oxygen atoms in total. The molecular weight excluding hydrogens is 341 g/mol. The number of carbonyl (C=O) groups is 1. The zero-order valence-corrected chi connectivity index (χ0v) is 14.1. The van der Waals surface area contributed by atoms with E-state index in [1.165, 1.54) is 17.8 Å². The smallest absolute Gasteiger partial charge is 0.366 e. The van der Waals surface area contributed by atoms with Crippen molar-refractivity contribution in [2.24, 2.45) is 14.1 Å². The molecule has 10 heteroatoms. The highest BCUT2D eigenvalue weighted by atomic mass is 19.4. The van der Waals surface area contributed by atoms with Crippen LogP contribution in [0.2, 0.25) is 0 Å². The summed E-state index contributed by atoms with van der Waals surface area (Å²) in [7, 11) is 2.96. The summed E-state index contributed by atoms with van der Waals surface area (Å²) >= 11 is 0. The zero-order valence-electron chi connectivity index (χ0n) is 14.1. The zero-order chi connectivity index (χ0) is 18.8. The van der Waals surface area contributed by atoms with Crippen LogP contribution in [0.5, 0.6) is 0 Å². The minimum atomic E-state index is -4.34. The number of alkyl halides is 3. The van der Waals surface area contributed by atoms with Crippen LogP contribution in [0.3, 0.4) is 0 Å². The van der Waals surface area contributed by atoms with Gasteiger partial charge in [0.2, 0.25) is 5.91 Å². The molecule has 0 spiro atoms. The summed E-state index contributed by atoms with van der Waals surface area (Å²) in [4.78, 5) is 37.3. The molecule has 0 unspecified atom stereocenters. The first-order chi connectivity index (χ1) is 11.6. The van der Waals surface area contributed by atoms with Crippen LogP contribution in [0.25, 0.3) is 0 Å². The Balaban J connectivity index is 1.93. The summed E-state index contributed by atoms with van der Waals surface area (Å²) in [6.07, 6.45) is -3.54. The Bertz CT molecular complexity index is 746. The van der Waals surface area contributed by atoms with Crippen molar-refractivity contribution in [2.75, 3.05) is 18.0 Å². The minimum absolute atomic E-state index is 0.214. The standard InChI is InChI=1S/C15H21F3N4O3/c1-20-9-11(13(24)21(2)14(20)25)22-7-4-10(5-8-22)19-12(23)3-6-15(16,17)18/h9-10H,3-8H2,1-2H3,(H,19,23). The van der Waals surface area contributed by atoms with Crippen LogP contribution in [-0.2, 0) is 18.9 Å². The lowest BCUT2D eigenvalue weighted by Gasteiger charge is -2.33. The van der Waals surface area contributed by atoms with Crippen LogP contribution in [0.15, 0.2) is 15.8 Å². The minimum Gasteiger partial charge on any atom is -0.366 e. The molecule has 1 amide bonds. The van der Waals surface area contributed by atoms with Crippen molar-refractivity contribution >= 4 is 11.6 Å². The van der Waals surface area contributed by atoms with Gasteiger partial charge in [-0.25, -0.2) is 4.79 Å². The summed E-state index contributed by atoms with van der Waals surface area (Å²) in [5.41, 5.74) is -0.414. The summed E-state index contributed by atoms with van der Waals surface area (Å²) in [5.74, 6) is -0.617. The Hall–Kier alpha value is -2.26. The highest BCUT2D eigenvalue weighted by Gasteiger charge is 2.29. The molecular formula is C15H21F3N4O3. The highest BCUT2D eigenvalue weighted by molar-refractivity contribution is 5.76. The molecule has 25 heavy (non-hydrogen) atoms. The Morgan fingerprint density at radius 2 is 1.84 bits per heavy atom. The fraction of sp³-hybridized carbons (Fsp3) is 0.667. The van der Waals surface area contributed by atoms with Gasteiger partial charge < -0.3 is 14.8 Å². The number of aryl methyl sites for hydroxylation is 1. The predicted octanol–water partition coefficient (Wildman–Crippen LogP) is 0.512. The molecule has 1 aromatic heterocycles. The first-order valence-electron chi connectivity index (χ1n) is 7.96. The van der Waals surface area contributed by atoms with Gasteiger partial charge in [0, 0.05) is 45.8 Å². The van der Waals surface area contributed by atoms with E-state index in [1.807, 2.05) is 4.90 Å². The lowest BCUT2D eigenvalue weighted by atomic mass is 10.0. The maximum Gasteiger partial charge on any atom is 0.389 e. The first-order valence-corrected chi connectivity index (χ1v) is 7.96. The second-order valence-electron chi connectivity index (χ2n) is 6.22. The van der Waals surface area contributed by atoms with E-state index >= 15 is 0 Å². The summed E-state index contributed by atoms with van der Waals surface area (Å²) in [6.45, 7) is 0.940. The molecule has 1 aliphatic rings. The molecule has 140 valence electrons. The Morgan fingerprint density at radius 1 is 1.24 bits per heavy atom. The number of hydrogen-bond acceptors (Lipinski definition) is 4. The molecule has 2 rings (SSSR count). The van der Waals surface area contributed by atoms with Gasteiger partial charge in [-0.05, 0) is 12.8 Å². The van der Waals surface area contributed by atoms with Crippen molar-refractivity contribution in [2.45, 2.75) is 37.9 Å². The van der Waals surface area contributed by atoms with Gasteiger partial charge in [0.15, 0.2) is 0 Å². The number of rotatable bonds is 4. The predicted molar refractivity (Wildman–Crippen MR) is 85.6 cm³/mol. The van der Waals surface area contributed by atoms with E-state index < -0.39 is 36.2 Å². The van der Waals surface area contributed by atoms with Crippen molar-refractivity contribution in [3.63, 3.8) is 0 Å². The second kappa shape index (κ2) is 7.32. The van der Waals surface area contributed by atoms with Crippen LogP contribution in [0.4, 0.5) is 18.9 Å². The molecule has 0 radical (unpaired) electrons. The monoisotopic (exact) mass is 362 g/mol. The summed E-state index contributed by atoms with van der Waals surface area (Å²) < 4.78 is 38.7. The molecule has 0 aliphatic carbocycles. The number of aromatic nitrogens is 2. The van der Waals surface area contributed by atoms with Crippen molar-refractivity contribution in [1.29, 1.82) is 0 Å². The summed E-state index contributed by atoms with van der Waals surface area (Å²) in [5, 5.41) is 2.61. The van der Waals surface area contributed by atoms with E-state index in [1.54, 1.807) is 7.05 Å². The molecule has 0 aromatic carbocycles. The third-order valence-corrected chi connectivity index (χ3v) is 4.26. The fourth-order valence-corrected chi connectivity index (χ4v) is 2.83. The van der Waals surface area contributed by atoms with Gasteiger partial charge in [0.1, 0.15) is 5.69 Å². The number of anilines is 1. The lowest BCUT2D eigenvalue weighted by Crippen LogP contribution is -2.48. The molecule has 0 bridgehead atoms. The van der Waals surface area contributed by atoms with Gasteiger partial charge >= 0.3 is 11.9 Å². The summed E-state index contributed by atoms with van der Waals surface area (Å²) in [6, 6.07) is -0.214. The van der Waals surface area contributed by atoms with Crippen molar-refractivity contribution in [3.05, 3.63) is 27.0 Å². The van der Waals surface area contributed by atoms with Gasteiger partial charge in [0.25, 0.3) is 5.56 Å². The first kappa shape index (κ1) is 19.1. The Morgan fingerprint density at radius 3 is 2.40 bits per heavy atom. The van der Waals surface area contributed by atoms with E-state index in [0.717, 1.165) is 4.57 Å². The van der Waals surface area contributed by atoms with E-state index in [0.29, 0.717) is 31.6 Å². The molecule has 1 saturated heterocycles. The second-order valence-corrected chi connectivity index (χ2v) is 6.22. The molecule has 0 saturated carbocycles. The number of hydrogen-bond donors (Lipinski definition) is 1. The van der Waals surface area contributed by atoms with Crippen LogP contribution in [-0.4, -0.2) is 40.3 Å². The molecule has 0 atom stereocenters. The topological polar surface area (TPSA) is 76.3 Å². The van der Waals surface area contributed by atoms with E-state index in [2.05, 4.69) is 5.32 Å². The largest absolute Gasteiger partial charge is 0.389 e. The van der Waals surface area contributed by atoms with Gasteiger partial charge in [-0.1, -0.05) is 0 Å². The van der Waals surface area contributed by atoms with E-state index in [9.17, 15) is 27.6 Å². The molecule has 1 aliphatic heterocycles. The fourth-order valence-electron chi connectivity index (χ4n) is 2.83. The Labute approximate surface area is 142 Å². The van der Waals surface area contributed by atoms with Crippen molar-refractivity contribution < 1.29 is 18.0 Å². The number of nitrogens with one attached hydrogen (secondary N) is 1. The Kier molecular flexibility index (Phi) is 5.58. The van der Waals surface area contributed by atoms with Gasteiger partial charge in [-0.3, -0.25) is 14.2 Å². The quantitative estimate of drug-likeness (QED) is 0.847. The maximum atomic E-state index is 12.2. The number of piperidine rings is 1. The van der Waals surface area contributed by atoms with Gasteiger partial charge in [-0.2, -0.15) is 13.2 Å². The average Bonchev–Trinajstić information content (AvgIpc) is 2.55. The number of halogens is 3. The maximum absolute atomic E-state index is 12.2. The lowest BCUT2D eigenvalue weighted by molar-refractivity contribution is -0.144. The van der Waals surface area contributed by atoms with Crippen molar-refractivity contribution in [1.82, 2.24) is 14.5 Å². The number of carbonyl (C=O) groups excluding carboxylic acids is 1. The van der Waals surface area contributed by atoms with Gasteiger partial charge in [-0.15, -0.1) is 0 Å².